The van der Waals surface area contributed by atoms with Crippen LogP contribution in [-0.4, -0.2) is 68.8 Å². The van der Waals surface area contributed by atoms with E-state index in [-0.39, 0.29) is 48.0 Å². The molecule has 282 valence electrons. The Morgan fingerprint density at radius 3 is 2.54 bits per heavy atom. The highest BCUT2D eigenvalue weighted by Gasteiger charge is 2.58. The molecule has 1 aromatic heterocycles. The molecule has 0 unspecified atom stereocenters. The Morgan fingerprint density at radius 2 is 1.83 bits per heavy atom. The molecule has 11 heteroatoms. The van der Waals surface area contributed by atoms with E-state index in [2.05, 4.69) is 24.1 Å². The van der Waals surface area contributed by atoms with Crippen LogP contribution in [0.3, 0.4) is 0 Å². The van der Waals surface area contributed by atoms with Crippen LogP contribution in [0.25, 0.3) is 0 Å². The predicted molar refractivity (Wildman–Crippen MR) is 199 cm³/mol. The Morgan fingerprint density at radius 1 is 1.04 bits per heavy atom. The number of aromatic amines is 1. The number of nitrogens with one attached hydrogen (secondary N) is 2. The summed E-state index contributed by atoms with van der Waals surface area (Å²) in [4.78, 5) is 18.1. The van der Waals surface area contributed by atoms with E-state index in [0.29, 0.717) is 61.9 Å². The molecule has 5 atom stereocenters. The Bertz CT molecular complexity index is 1720. The van der Waals surface area contributed by atoms with Crippen molar-refractivity contribution in [3.63, 3.8) is 0 Å². The topological polar surface area (TPSA) is 191 Å². The summed E-state index contributed by atoms with van der Waals surface area (Å²) in [5.74, 6) is -0.731. The number of aromatic nitrogens is 1. The molecule has 0 saturated heterocycles. The Hall–Kier alpha value is -4.61. The van der Waals surface area contributed by atoms with Gasteiger partial charge in [0.2, 0.25) is 5.75 Å². The number of hydrogen-bond donors (Lipinski definition) is 8. The van der Waals surface area contributed by atoms with Gasteiger partial charge < -0.3 is 51.0 Å². The fourth-order valence-electron chi connectivity index (χ4n) is 8.17. The number of rotatable bonds is 18. The van der Waals surface area contributed by atoms with E-state index in [1.807, 2.05) is 30.5 Å². The quantitative estimate of drug-likeness (QED) is 0.0625. The number of Topliss-reactive ketones (excluding diaryl/α,β-unsaturated/α-hetero) is 1. The number of allylic oxidation sites excluding steroid dienone is 2. The molecule has 9 N–H and O–H groups in total. The van der Waals surface area contributed by atoms with Gasteiger partial charge in [0.25, 0.3) is 0 Å². The molecule has 0 spiro atoms. The van der Waals surface area contributed by atoms with E-state index in [9.17, 15) is 30.3 Å². The van der Waals surface area contributed by atoms with Crippen LogP contribution in [0.1, 0.15) is 69.2 Å². The molecule has 2 heterocycles. The number of ether oxygens (including phenoxy) is 2. The first kappa shape index (κ1) is 38.6. The van der Waals surface area contributed by atoms with Gasteiger partial charge in [0.1, 0.15) is 5.78 Å². The van der Waals surface area contributed by atoms with Gasteiger partial charge in [0.15, 0.2) is 23.0 Å². The number of dihydropyridines is 1. The lowest BCUT2D eigenvalue weighted by atomic mass is 9.58. The lowest BCUT2D eigenvalue weighted by molar-refractivity contribution is -0.134. The SMILES string of the molecule is COc1cc(CC[C@@H](O)[C@H](C(=O)CCc2cc(O)c(O)c(OCCCC(C)C)c2)[C@@]2(C3=CCNC(N)=C3)CC[C@@H](O)[C@@H]2Cc2ccc[nH]2)ccc1O. The summed E-state index contributed by atoms with van der Waals surface area (Å²) >= 11 is 0. The summed E-state index contributed by atoms with van der Waals surface area (Å²) in [5.41, 5.74) is 8.55. The van der Waals surface area contributed by atoms with Crippen LogP contribution in [0.4, 0.5) is 0 Å². The average molecular weight is 718 g/mol. The van der Waals surface area contributed by atoms with Crippen LogP contribution in [-0.2, 0) is 24.1 Å². The first-order chi connectivity index (χ1) is 24.9. The van der Waals surface area contributed by atoms with E-state index in [4.69, 9.17) is 15.2 Å². The van der Waals surface area contributed by atoms with Gasteiger partial charge in [-0.15, -0.1) is 0 Å². The zero-order chi connectivity index (χ0) is 37.4. The molecular formula is C41H55N3O8. The minimum Gasteiger partial charge on any atom is -0.504 e. The van der Waals surface area contributed by atoms with Crippen molar-refractivity contribution in [1.82, 2.24) is 10.3 Å². The van der Waals surface area contributed by atoms with Gasteiger partial charge in [-0.2, -0.15) is 0 Å². The average Bonchev–Trinajstić information content (AvgIpc) is 3.75. The number of carbonyl (C=O) groups excluding carboxylic acids is 1. The number of hydrogen-bond acceptors (Lipinski definition) is 10. The Labute approximate surface area is 306 Å². The number of phenols is 3. The normalized spacial score (nSPS) is 21.3. The Kier molecular flexibility index (Phi) is 12.8. The molecule has 2 aliphatic rings. The van der Waals surface area contributed by atoms with Gasteiger partial charge in [-0.1, -0.05) is 26.0 Å². The fourth-order valence-corrected chi connectivity index (χ4v) is 8.17. The van der Waals surface area contributed by atoms with Crippen molar-refractivity contribution in [2.45, 2.75) is 83.8 Å². The first-order valence-electron chi connectivity index (χ1n) is 18.4. The van der Waals surface area contributed by atoms with Gasteiger partial charge in [-0.25, -0.2) is 0 Å². The monoisotopic (exact) mass is 717 g/mol. The number of ketones is 1. The van der Waals surface area contributed by atoms with Gasteiger partial charge in [0, 0.05) is 36.2 Å². The third kappa shape index (κ3) is 8.87. The molecule has 0 amide bonds. The highest BCUT2D eigenvalue weighted by molar-refractivity contribution is 5.84. The van der Waals surface area contributed by atoms with Crippen LogP contribution in [0.5, 0.6) is 28.7 Å². The maximum Gasteiger partial charge on any atom is 0.200 e. The van der Waals surface area contributed by atoms with E-state index < -0.39 is 29.5 Å². The standard InChI is InChI=1S/C41H55N3O8/c1-25(2)6-5-19-52-37-22-27(20-35(49)40(37)50)10-13-34(48)39(33(47)12-9-26-8-11-32(46)36(21-26)51-3)41(28-15-18-44-38(42)23-28)16-14-31(45)30(41)24-29-7-4-17-43-29/h4,7-8,11,15,17,20-23,25,30-31,33,39,43-47,49-50H,5-6,9-10,12-14,16,18-19,24,42H2,1-3H3/t30-,31+,33+,39+,41+/m0/s1. The van der Waals surface area contributed by atoms with Crippen molar-refractivity contribution in [1.29, 1.82) is 0 Å². The number of H-pyrrole nitrogens is 1. The van der Waals surface area contributed by atoms with Crippen molar-refractivity contribution in [3.05, 3.63) is 89.0 Å². The predicted octanol–water partition coefficient (Wildman–Crippen LogP) is 5.40. The number of aliphatic hydroxyl groups is 2. The maximum absolute atomic E-state index is 14.9. The molecule has 1 saturated carbocycles. The molecule has 5 rings (SSSR count). The Balaban J connectivity index is 1.49. The highest BCUT2D eigenvalue weighted by Crippen LogP contribution is 2.57. The minimum atomic E-state index is -1.11. The van der Waals surface area contributed by atoms with Crippen molar-refractivity contribution < 1.29 is 39.8 Å². The third-order valence-electron chi connectivity index (χ3n) is 10.8. The van der Waals surface area contributed by atoms with Crippen molar-refractivity contribution in [2.75, 3.05) is 20.3 Å². The van der Waals surface area contributed by atoms with Crippen molar-refractivity contribution >= 4 is 5.78 Å². The largest absolute Gasteiger partial charge is 0.504 e. The number of aromatic hydroxyl groups is 3. The molecule has 1 aliphatic heterocycles. The highest BCUT2D eigenvalue weighted by atomic mass is 16.5. The number of nitrogens with two attached hydrogens (primary N) is 1. The molecule has 3 aromatic rings. The summed E-state index contributed by atoms with van der Waals surface area (Å²) in [7, 11) is 1.48. The van der Waals surface area contributed by atoms with Gasteiger partial charge >= 0.3 is 0 Å². The number of benzene rings is 2. The first-order valence-corrected chi connectivity index (χ1v) is 18.4. The second kappa shape index (κ2) is 17.3. The summed E-state index contributed by atoms with van der Waals surface area (Å²) in [5, 5.41) is 58.3. The molecule has 2 aromatic carbocycles. The summed E-state index contributed by atoms with van der Waals surface area (Å²) in [6.45, 7) is 5.08. The third-order valence-corrected chi connectivity index (χ3v) is 10.8. The second-order valence-corrected chi connectivity index (χ2v) is 14.7. The van der Waals surface area contributed by atoms with Crippen LogP contribution in [0.15, 0.2) is 72.2 Å². The summed E-state index contributed by atoms with van der Waals surface area (Å²) in [6, 6.07) is 12.0. The van der Waals surface area contributed by atoms with Gasteiger partial charge in [-0.05, 0) is 116 Å². The van der Waals surface area contributed by atoms with E-state index in [1.54, 1.807) is 24.3 Å². The molecule has 0 radical (unpaired) electrons. The van der Waals surface area contributed by atoms with E-state index >= 15 is 0 Å². The molecule has 11 nitrogen and oxygen atoms in total. The zero-order valence-corrected chi connectivity index (χ0v) is 30.5. The second-order valence-electron chi connectivity index (χ2n) is 14.7. The van der Waals surface area contributed by atoms with Crippen LogP contribution < -0.4 is 20.5 Å². The van der Waals surface area contributed by atoms with E-state index in [1.165, 1.54) is 13.2 Å². The molecule has 1 aliphatic carbocycles. The van der Waals surface area contributed by atoms with Crippen LogP contribution in [0, 0.1) is 23.2 Å². The lowest BCUT2D eigenvalue weighted by Crippen LogP contribution is -2.50. The number of aryl methyl sites for hydroxylation is 2. The molecule has 1 fully saturated rings. The van der Waals surface area contributed by atoms with Crippen molar-refractivity contribution in [3.8, 4) is 28.7 Å². The van der Waals surface area contributed by atoms with Gasteiger partial charge in [0.05, 0.1) is 37.7 Å². The molecule has 0 bridgehead atoms. The fraction of sp³-hybridized carbons (Fsp3) is 0.488. The summed E-state index contributed by atoms with van der Waals surface area (Å²) < 4.78 is 11.1. The molecular weight excluding hydrogens is 662 g/mol. The summed E-state index contributed by atoms with van der Waals surface area (Å²) in [6.07, 6.45) is 7.85. The van der Waals surface area contributed by atoms with Crippen LogP contribution in [0.2, 0.25) is 0 Å². The van der Waals surface area contributed by atoms with Crippen molar-refractivity contribution in [2.24, 2.45) is 28.9 Å². The number of aliphatic hydroxyl groups excluding tert-OH is 2. The minimum absolute atomic E-state index is 0.0116. The van der Waals surface area contributed by atoms with Crippen LogP contribution >= 0.6 is 0 Å². The smallest absolute Gasteiger partial charge is 0.200 e. The number of methoxy groups -OCH3 is 1. The van der Waals surface area contributed by atoms with E-state index in [0.717, 1.165) is 29.7 Å². The number of carbonyl (C=O) groups is 1. The number of phenolic OH excluding ortho intramolecular Hbond substituents is 3. The molecule has 52 heavy (non-hydrogen) atoms. The lowest BCUT2D eigenvalue weighted by Gasteiger charge is -2.46. The zero-order valence-electron chi connectivity index (χ0n) is 30.5. The van der Waals surface area contributed by atoms with Gasteiger partial charge in [-0.3, -0.25) is 4.79 Å². The maximum atomic E-state index is 14.9.